The summed E-state index contributed by atoms with van der Waals surface area (Å²) in [7, 11) is 0. The van der Waals surface area contributed by atoms with E-state index in [1.807, 2.05) is 24.3 Å². The van der Waals surface area contributed by atoms with Crippen LogP contribution in [0.15, 0.2) is 24.3 Å². The molecule has 0 heterocycles. The van der Waals surface area contributed by atoms with Gasteiger partial charge in [0.25, 0.3) is 0 Å². The molecule has 17 heavy (non-hydrogen) atoms. The van der Waals surface area contributed by atoms with Crippen LogP contribution in [0.2, 0.25) is 0 Å². The summed E-state index contributed by atoms with van der Waals surface area (Å²) in [5, 5.41) is 11.4. The van der Waals surface area contributed by atoms with E-state index in [2.05, 4.69) is 27.9 Å². The van der Waals surface area contributed by atoms with Crippen LogP contribution in [0.3, 0.4) is 0 Å². The van der Waals surface area contributed by atoms with E-state index >= 15 is 0 Å². The minimum absolute atomic E-state index is 0.0964. The zero-order valence-corrected chi connectivity index (χ0v) is 12.4. The zero-order chi connectivity index (χ0) is 12.8. The van der Waals surface area contributed by atoms with E-state index in [0.717, 1.165) is 9.13 Å². The van der Waals surface area contributed by atoms with Gasteiger partial charge in [-0.2, -0.15) is 0 Å². The Bertz CT molecular complexity index is 385. The molecule has 1 aromatic rings. The van der Waals surface area contributed by atoms with Gasteiger partial charge in [-0.1, -0.05) is 12.1 Å². The van der Waals surface area contributed by atoms with Crippen molar-refractivity contribution in [2.45, 2.75) is 24.8 Å². The Kier molecular flexibility index (Phi) is 6.22. The molecule has 0 unspecified atom stereocenters. The molecule has 2 atom stereocenters. The third-order valence-corrected chi connectivity index (χ3v) is 3.17. The number of halogens is 2. The number of hydrogen-bond acceptors (Lipinski definition) is 2. The van der Waals surface area contributed by atoms with E-state index in [0.29, 0.717) is 6.42 Å². The summed E-state index contributed by atoms with van der Waals surface area (Å²) in [6, 6.07) is 7.66. The van der Waals surface area contributed by atoms with Crippen molar-refractivity contribution in [1.29, 1.82) is 0 Å². The summed E-state index contributed by atoms with van der Waals surface area (Å²) in [6.45, 7) is 1.51. The van der Waals surface area contributed by atoms with Crippen molar-refractivity contribution in [1.82, 2.24) is 5.32 Å². The summed E-state index contributed by atoms with van der Waals surface area (Å²) >= 11 is 7.89. The van der Waals surface area contributed by atoms with E-state index in [1.165, 1.54) is 0 Å². The Morgan fingerprint density at radius 1 is 1.59 bits per heavy atom. The molecule has 0 aromatic heterocycles. The first-order valence-corrected chi connectivity index (χ1v) is 6.84. The van der Waals surface area contributed by atoms with Gasteiger partial charge in [-0.05, 0) is 53.6 Å². The summed E-state index contributed by atoms with van der Waals surface area (Å²) in [6.07, 6.45) is 0.600. The second-order valence-electron chi connectivity index (χ2n) is 3.84. The number of amides is 1. The number of rotatable bonds is 5. The van der Waals surface area contributed by atoms with Crippen LogP contribution in [-0.2, 0) is 11.2 Å². The molecule has 0 bridgehead atoms. The molecule has 94 valence electrons. The monoisotopic (exact) mass is 367 g/mol. The van der Waals surface area contributed by atoms with Crippen LogP contribution in [0, 0.1) is 3.57 Å². The number of alkyl halides is 1. The smallest absolute Gasteiger partial charge is 0.238 e. The first kappa shape index (κ1) is 14.7. The fraction of sp³-hybridized carbons (Fsp3) is 0.417. The SMILES string of the molecule is C[C@@H](Cl)C(=O)N[C@@H](CO)Cc1cccc(I)c1. The lowest BCUT2D eigenvalue weighted by molar-refractivity contribution is -0.121. The van der Waals surface area contributed by atoms with Gasteiger partial charge in [0.05, 0.1) is 12.6 Å². The highest BCUT2D eigenvalue weighted by Gasteiger charge is 2.15. The second kappa shape index (κ2) is 7.18. The molecule has 1 amide bonds. The van der Waals surface area contributed by atoms with Crippen molar-refractivity contribution in [2.75, 3.05) is 6.61 Å². The van der Waals surface area contributed by atoms with Crippen LogP contribution in [0.1, 0.15) is 12.5 Å². The molecule has 0 fully saturated rings. The van der Waals surface area contributed by atoms with E-state index in [-0.39, 0.29) is 18.6 Å². The Balaban J connectivity index is 2.61. The molecule has 1 rings (SSSR count). The number of benzene rings is 1. The number of carbonyl (C=O) groups excluding carboxylic acids is 1. The number of nitrogens with one attached hydrogen (secondary N) is 1. The number of carbonyl (C=O) groups is 1. The van der Waals surface area contributed by atoms with Crippen molar-refractivity contribution in [3.8, 4) is 0 Å². The minimum atomic E-state index is -0.583. The molecule has 0 aliphatic carbocycles. The van der Waals surface area contributed by atoms with Crippen LogP contribution >= 0.6 is 34.2 Å². The molecule has 0 aliphatic rings. The fourth-order valence-electron chi connectivity index (χ4n) is 1.43. The quantitative estimate of drug-likeness (QED) is 0.617. The molecule has 1 aromatic carbocycles. The summed E-state index contributed by atoms with van der Waals surface area (Å²) in [4.78, 5) is 11.4. The van der Waals surface area contributed by atoms with Gasteiger partial charge in [-0.3, -0.25) is 4.79 Å². The van der Waals surface area contributed by atoms with E-state index in [9.17, 15) is 9.90 Å². The molecule has 2 N–H and O–H groups in total. The Hall–Kier alpha value is -0.330. The summed E-state index contributed by atoms with van der Waals surface area (Å²) in [5.41, 5.74) is 1.08. The lowest BCUT2D eigenvalue weighted by Gasteiger charge is -2.17. The third-order valence-electron chi connectivity index (χ3n) is 2.30. The summed E-state index contributed by atoms with van der Waals surface area (Å²) in [5.74, 6) is -0.253. The molecule has 3 nitrogen and oxygen atoms in total. The average molecular weight is 368 g/mol. The van der Waals surface area contributed by atoms with Gasteiger partial charge in [0.2, 0.25) is 5.91 Å². The predicted octanol–water partition coefficient (Wildman–Crippen LogP) is 1.94. The van der Waals surface area contributed by atoms with Gasteiger partial charge in [0.1, 0.15) is 5.38 Å². The lowest BCUT2D eigenvalue weighted by atomic mass is 10.1. The van der Waals surface area contributed by atoms with Gasteiger partial charge in [-0.15, -0.1) is 11.6 Å². The van der Waals surface area contributed by atoms with E-state index < -0.39 is 5.38 Å². The molecule has 0 aliphatic heterocycles. The first-order chi connectivity index (χ1) is 8.02. The normalized spacial score (nSPS) is 14.1. The summed E-state index contributed by atoms with van der Waals surface area (Å²) < 4.78 is 1.13. The van der Waals surface area contributed by atoms with Crippen LogP contribution in [0.4, 0.5) is 0 Å². The molecule has 0 saturated heterocycles. The van der Waals surface area contributed by atoms with E-state index in [1.54, 1.807) is 6.92 Å². The van der Waals surface area contributed by atoms with Gasteiger partial charge in [0, 0.05) is 3.57 Å². The highest BCUT2D eigenvalue weighted by molar-refractivity contribution is 14.1. The molecule has 0 radical (unpaired) electrons. The van der Waals surface area contributed by atoms with Crippen LogP contribution in [0.25, 0.3) is 0 Å². The highest BCUT2D eigenvalue weighted by Crippen LogP contribution is 2.10. The maximum absolute atomic E-state index is 11.4. The van der Waals surface area contributed by atoms with Crippen LogP contribution in [-0.4, -0.2) is 29.0 Å². The van der Waals surface area contributed by atoms with Crippen molar-refractivity contribution < 1.29 is 9.90 Å². The Morgan fingerprint density at radius 3 is 2.82 bits per heavy atom. The van der Waals surface area contributed by atoms with E-state index in [4.69, 9.17) is 11.6 Å². The van der Waals surface area contributed by atoms with Crippen molar-refractivity contribution in [2.24, 2.45) is 0 Å². The average Bonchev–Trinajstić information content (AvgIpc) is 2.27. The second-order valence-corrected chi connectivity index (χ2v) is 5.74. The first-order valence-electron chi connectivity index (χ1n) is 5.32. The van der Waals surface area contributed by atoms with Gasteiger partial charge < -0.3 is 10.4 Å². The lowest BCUT2D eigenvalue weighted by Crippen LogP contribution is -2.42. The highest BCUT2D eigenvalue weighted by atomic mass is 127. The number of aliphatic hydroxyl groups is 1. The van der Waals surface area contributed by atoms with Gasteiger partial charge in [0.15, 0.2) is 0 Å². The maximum Gasteiger partial charge on any atom is 0.238 e. The van der Waals surface area contributed by atoms with Gasteiger partial charge in [-0.25, -0.2) is 0 Å². The zero-order valence-electron chi connectivity index (χ0n) is 9.49. The predicted molar refractivity (Wildman–Crippen MR) is 77.2 cm³/mol. The third kappa shape index (κ3) is 5.23. The molecule has 0 saturated carbocycles. The molecular weight excluding hydrogens is 352 g/mol. The number of hydrogen-bond donors (Lipinski definition) is 2. The van der Waals surface area contributed by atoms with Crippen molar-refractivity contribution in [3.63, 3.8) is 0 Å². The molecule has 5 heteroatoms. The minimum Gasteiger partial charge on any atom is -0.394 e. The molecule has 0 spiro atoms. The molecular formula is C12H15ClINO2. The standard InChI is InChI=1S/C12H15ClINO2/c1-8(13)12(17)15-11(7-16)6-9-3-2-4-10(14)5-9/h2-5,8,11,16H,6-7H2,1H3,(H,15,17)/t8-,11-/m1/s1. The van der Waals surface area contributed by atoms with Crippen molar-refractivity contribution in [3.05, 3.63) is 33.4 Å². The van der Waals surface area contributed by atoms with Gasteiger partial charge >= 0.3 is 0 Å². The van der Waals surface area contributed by atoms with Crippen LogP contribution in [0.5, 0.6) is 0 Å². The number of aliphatic hydroxyl groups excluding tert-OH is 1. The largest absolute Gasteiger partial charge is 0.394 e. The van der Waals surface area contributed by atoms with Crippen LogP contribution < -0.4 is 5.32 Å². The fourth-order valence-corrected chi connectivity index (χ4v) is 2.10. The topological polar surface area (TPSA) is 49.3 Å². The Labute approximate surface area is 120 Å². The maximum atomic E-state index is 11.4. The van der Waals surface area contributed by atoms with Crippen molar-refractivity contribution >= 4 is 40.1 Å². The Morgan fingerprint density at radius 2 is 2.29 bits per heavy atom.